The molecule has 1 saturated heterocycles. The summed E-state index contributed by atoms with van der Waals surface area (Å²) >= 11 is 0. The maximum atomic E-state index is 14.2. The Kier molecular flexibility index (Phi) is 10.6. The van der Waals surface area contributed by atoms with Gasteiger partial charge < -0.3 is 39.4 Å². The zero-order valence-electron chi connectivity index (χ0n) is 27.2. The summed E-state index contributed by atoms with van der Waals surface area (Å²) in [4.78, 5) is 42.4. The largest absolute Gasteiger partial charge is 0.499 e. The molecule has 2 aromatic rings. The summed E-state index contributed by atoms with van der Waals surface area (Å²) in [5.41, 5.74) is 2.42. The van der Waals surface area contributed by atoms with Crippen molar-refractivity contribution in [1.29, 1.82) is 0 Å². The second kappa shape index (κ2) is 15.0. The van der Waals surface area contributed by atoms with Gasteiger partial charge in [0.05, 0.1) is 25.0 Å². The number of carbonyl (C=O) groups is 3. The van der Waals surface area contributed by atoms with Gasteiger partial charge in [-0.3, -0.25) is 9.59 Å². The number of amides is 2. The van der Waals surface area contributed by atoms with Gasteiger partial charge in [0.25, 0.3) is 0 Å². The van der Waals surface area contributed by atoms with Gasteiger partial charge in [0.1, 0.15) is 31.0 Å². The van der Waals surface area contributed by atoms with E-state index in [1.54, 1.807) is 43.5 Å². The van der Waals surface area contributed by atoms with Gasteiger partial charge in [-0.25, -0.2) is 4.79 Å². The molecular formula is C37H44N2O9. The molecule has 256 valence electrons. The normalized spacial score (nSPS) is 23.6. The van der Waals surface area contributed by atoms with E-state index in [1.807, 2.05) is 30.3 Å². The van der Waals surface area contributed by atoms with Crippen LogP contribution in [-0.2, 0) is 35.0 Å². The van der Waals surface area contributed by atoms with Crippen LogP contribution in [0.2, 0.25) is 0 Å². The van der Waals surface area contributed by atoms with Crippen LogP contribution in [0, 0.1) is 11.8 Å². The first-order chi connectivity index (χ1) is 23.3. The van der Waals surface area contributed by atoms with Crippen molar-refractivity contribution in [1.82, 2.24) is 10.2 Å². The van der Waals surface area contributed by atoms with E-state index in [4.69, 9.17) is 24.1 Å². The first kappa shape index (κ1) is 33.9. The van der Waals surface area contributed by atoms with Crippen molar-refractivity contribution in [3.63, 3.8) is 0 Å². The number of nitrogens with one attached hydrogen (secondary N) is 1. The summed E-state index contributed by atoms with van der Waals surface area (Å²) in [7, 11) is 1.60. The maximum absolute atomic E-state index is 14.2. The van der Waals surface area contributed by atoms with Gasteiger partial charge in [-0.1, -0.05) is 42.5 Å². The van der Waals surface area contributed by atoms with Crippen LogP contribution in [-0.4, -0.2) is 96.5 Å². The molecule has 3 N–H and O–H groups in total. The highest BCUT2D eigenvalue weighted by molar-refractivity contribution is 5.97. The molecule has 1 aliphatic heterocycles. The predicted octanol–water partition coefficient (Wildman–Crippen LogP) is 3.00. The van der Waals surface area contributed by atoms with E-state index in [0.717, 1.165) is 36.8 Å². The molecule has 48 heavy (non-hydrogen) atoms. The molecule has 1 heterocycles. The molecule has 2 amide bonds. The van der Waals surface area contributed by atoms with Crippen LogP contribution in [0.3, 0.4) is 0 Å². The van der Waals surface area contributed by atoms with E-state index in [-0.39, 0.29) is 62.9 Å². The summed E-state index contributed by atoms with van der Waals surface area (Å²) < 4.78 is 24.7. The Morgan fingerprint density at radius 3 is 2.35 bits per heavy atom. The van der Waals surface area contributed by atoms with Gasteiger partial charge in [-0.15, -0.1) is 0 Å². The topological polar surface area (TPSA) is 144 Å². The highest BCUT2D eigenvalue weighted by atomic mass is 16.8. The minimum absolute atomic E-state index is 0.0704. The van der Waals surface area contributed by atoms with E-state index in [0.29, 0.717) is 11.1 Å². The van der Waals surface area contributed by atoms with Crippen molar-refractivity contribution in [2.24, 2.45) is 11.8 Å². The summed E-state index contributed by atoms with van der Waals surface area (Å²) in [6.07, 6.45) is 7.47. The van der Waals surface area contributed by atoms with Crippen LogP contribution in [0.5, 0.6) is 0 Å². The molecule has 2 aromatic carbocycles. The van der Waals surface area contributed by atoms with Gasteiger partial charge in [-0.2, -0.15) is 0 Å². The SMILES string of the molecule is CN(C(=O)C1=CC2OC(C3CC3)(C3CC3)OC2C(OC(=O)c2ccc(C=COCCO)cc2)C1)C(Cc1ccccc1)C(=O)NCCO. The lowest BCUT2D eigenvalue weighted by atomic mass is 9.90. The first-order valence-electron chi connectivity index (χ1n) is 16.8. The van der Waals surface area contributed by atoms with Crippen molar-refractivity contribution >= 4 is 23.9 Å². The van der Waals surface area contributed by atoms with Crippen LogP contribution < -0.4 is 5.32 Å². The van der Waals surface area contributed by atoms with Crippen LogP contribution in [0.25, 0.3) is 6.08 Å². The molecule has 11 nitrogen and oxygen atoms in total. The summed E-state index contributed by atoms with van der Waals surface area (Å²) in [6, 6.07) is 15.4. The van der Waals surface area contributed by atoms with Crippen LogP contribution in [0.1, 0.15) is 53.6 Å². The van der Waals surface area contributed by atoms with E-state index < -0.39 is 36.1 Å². The first-order valence-corrected chi connectivity index (χ1v) is 16.8. The lowest BCUT2D eigenvalue weighted by molar-refractivity contribution is -0.209. The third-order valence-corrected chi connectivity index (χ3v) is 9.43. The Bertz CT molecular complexity index is 1490. The lowest BCUT2D eigenvalue weighted by Gasteiger charge is -2.33. The smallest absolute Gasteiger partial charge is 0.338 e. The third kappa shape index (κ3) is 7.65. The van der Waals surface area contributed by atoms with E-state index in [2.05, 4.69) is 5.32 Å². The molecule has 0 bridgehead atoms. The van der Waals surface area contributed by atoms with Crippen molar-refractivity contribution < 1.29 is 43.5 Å². The molecule has 0 radical (unpaired) electrons. The number of fused-ring (bicyclic) bond motifs is 1. The average molecular weight is 661 g/mol. The summed E-state index contributed by atoms with van der Waals surface area (Å²) in [5, 5.41) is 20.9. The molecule has 2 saturated carbocycles. The highest BCUT2D eigenvalue weighted by Crippen LogP contribution is 2.59. The fraction of sp³-hybridized carbons (Fsp3) is 0.486. The molecule has 3 aliphatic carbocycles. The number of aliphatic hydroxyl groups is 2. The summed E-state index contributed by atoms with van der Waals surface area (Å²) in [5.74, 6) is -1.48. The van der Waals surface area contributed by atoms with Crippen LogP contribution in [0.4, 0.5) is 0 Å². The molecule has 6 rings (SSSR count). The molecule has 0 spiro atoms. The van der Waals surface area contributed by atoms with Gasteiger partial charge in [0.15, 0.2) is 5.79 Å². The van der Waals surface area contributed by atoms with Gasteiger partial charge in [0, 0.05) is 43.8 Å². The number of hydrogen-bond donors (Lipinski definition) is 3. The highest BCUT2D eigenvalue weighted by Gasteiger charge is 2.64. The fourth-order valence-electron chi connectivity index (χ4n) is 6.65. The number of esters is 1. The standard InChI is InChI=1S/C37H44N2O9/c1-39(30(34(42)38-16-17-40)21-25-5-3-2-4-6-25)35(43)27-22-31(33-32(23-27)47-37(48-33,28-11-12-28)29-13-14-29)46-36(44)26-9-7-24(8-10-26)15-19-45-20-18-41/h2-10,15,19,23,28-33,40-41H,11-14,16-18,20-22H2,1H3,(H,38,42). The van der Waals surface area contributed by atoms with Crippen molar-refractivity contribution in [2.75, 3.05) is 33.4 Å². The number of ether oxygens (including phenoxy) is 4. The minimum atomic E-state index is -0.842. The Hall–Kier alpha value is -4.03. The Labute approximate surface area is 280 Å². The number of nitrogens with zero attached hydrogens (tertiary/aromatic N) is 1. The maximum Gasteiger partial charge on any atom is 0.338 e. The molecular weight excluding hydrogens is 616 g/mol. The monoisotopic (exact) mass is 660 g/mol. The van der Waals surface area contributed by atoms with E-state index >= 15 is 0 Å². The van der Waals surface area contributed by atoms with Gasteiger partial charge >= 0.3 is 5.97 Å². The van der Waals surface area contributed by atoms with Gasteiger partial charge in [0.2, 0.25) is 11.8 Å². The number of carbonyl (C=O) groups excluding carboxylic acids is 3. The average Bonchev–Trinajstić information content (AvgIpc) is 4.05. The molecule has 4 aliphatic rings. The molecule has 4 unspecified atom stereocenters. The number of rotatable bonds is 15. The van der Waals surface area contributed by atoms with E-state index in [9.17, 15) is 19.5 Å². The van der Waals surface area contributed by atoms with Crippen molar-refractivity contribution in [3.05, 3.63) is 89.2 Å². The van der Waals surface area contributed by atoms with E-state index in [1.165, 1.54) is 11.2 Å². The second-order valence-corrected chi connectivity index (χ2v) is 12.9. The van der Waals surface area contributed by atoms with Crippen molar-refractivity contribution in [2.45, 2.75) is 68.7 Å². The Morgan fingerprint density at radius 1 is 1.00 bits per heavy atom. The number of hydrogen-bond acceptors (Lipinski definition) is 9. The number of likely N-dealkylation sites (N-methyl/N-ethyl adjacent to an activating group) is 1. The fourth-order valence-corrected chi connectivity index (χ4v) is 6.65. The molecule has 3 fully saturated rings. The molecule has 11 heteroatoms. The van der Waals surface area contributed by atoms with Crippen LogP contribution >= 0.6 is 0 Å². The zero-order valence-corrected chi connectivity index (χ0v) is 27.2. The third-order valence-electron chi connectivity index (χ3n) is 9.43. The zero-order chi connectivity index (χ0) is 33.7. The summed E-state index contributed by atoms with van der Waals surface area (Å²) in [6.45, 7) is -0.0378. The quantitative estimate of drug-likeness (QED) is 0.149. The molecule has 4 atom stereocenters. The minimum Gasteiger partial charge on any atom is -0.499 e. The second-order valence-electron chi connectivity index (χ2n) is 12.9. The van der Waals surface area contributed by atoms with Gasteiger partial charge in [-0.05, 0) is 61.1 Å². The predicted molar refractivity (Wildman–Crippen MR) is 175 cm³/mol. The van der Waals surface area contributed by atoms with Crippen molar-refractivity contribution in [3.8, 4) is 0 Å². The number of benzene rings is 2. The molecule has 0 aromatic heterocycles. The Morgan fingerprint density at radius 2 is 1.71 bits per heavy atom. The number of aliphatic hydroxyl groups excluding tert-OH is 2. The van der Waals surface area contributed by atoms with Crippen LogP contribution in [0.15, 0.2) is 72.5 Å². The Balaban J connectivity index is 1.23. The lowest BCUT2D eigenvalue weighted by Crippen LogP contribution is -2.51.